The summed E-state index contributed by atoms with van der Waals surface area (Å²) in [5.74, 6) is 0.559. The van der Waals surface area contributed by atoms with Crippen LogP contribution in [0.1, 0.15) is 18.9 Å². The van der Waals surface area contributed by atoms with Crippen LogP contribution in [0.4, 0.5) is 0 Å². The number of hydrogen-bond acceptors (Lipinski definition) is 4. The summed E-state index contributed by atoms with van der Waals surface area (Å²) < 4.78 is 11.0. The van der Waals surface area contributed by atoms with Crippen LogP contribution in [-0.2, 0) is 9.53 Å². The Hall–Kier alpha value is -2.06. The van der Waals surface area contributed by atoms with Gasteiger partial charge in [0.2, 0.25) is 0 Å². The lowest BCUT2D eigenvalue weighted by molar-refractivity contribution is -0.134. The molecule has 1 aromatic rings. The average molecular weight is 274 g/mol. The lowest BCUT2D eigenvalue weighted by atomic mass is 10.2. The molecule has 1 aromatic carbocycles. The van der Waals surface area contributed by atoms with Crippen LogP contribution in [-0.4, -0.2) is 43.2 Å². The minimum atomic E-state index is -0.0355. The van der Waals surface area contributed by atoms with Crippen molar-refractivity contribution in [1.29, 1.82) is 5.26 Å². The third kappa shape index (κ3) is 3.97. The van der Waals surface area contributed by atoms with E-state index in [4.69, 9.17) is 14.7 Å². The molecule has 1 saturated heterocycles. The molecule has 0 spiro atoms. The van der Waals surface area contributed by atoms with Gasteiger partial charge in [-0.15, -0.1) is 0 Å². The number of carbonyl (C=O) groups is 1. The van der Waals surface area contributed by atoms with E-state index in [9.17, 15) is 4.79 Å². The first-order valence-corrected chi connectivity index (χ1v) is 6.71. The maximum atomic E-state index is 12.1. The molecule has 0 saturated carbocycles. The van der Waals surface area contributed by atoms with Gasteiger partial charge in [0.15, 0.2) is 6.61 Å². The molecule has 0 aromatic heterocycles. The Morgan fingerprint density at radius 3 is 2.95 bits per heavy atom. The molecule has 0 aliphatic carbocycles. The Morgan fingerprint density at radius 2 is 2.25 bits per heavy atom. The average Bonchev–Trinajstić information content (AvgIpc) is 2.70. The highest BCUT2D eigenvalue weighted by Gasteiger charge is 2.20. The van der Waals surface area contributed by atoms with Gasteiger partial charge in [0.25, 0.3) is 5.91 Å². The largest absolute Gasteiger partial charge is 0.484 e. The first-order valence-electron chi connectivity index (χ1n) is 6.71. The molecule has 1 atom stereocenters. The molecule has 1 amide bonds. The molecular formula is C15H18N2O3. The zero-order valence-electron chi connectivity index (χ0n) is 11.5. The number of hydrogen-bond donors (Lipinski definition) is 0. The monoisotopic (exact) mass is 274 g/mol. The highest BCUT2D eigenvalue weighted by atomic mass is 16.5. The third-order valence-electron chi connectivity index (χ3n) is 3.15. The van der Waals surface area contributed by atoms with E-state index in [1.807, 2.05) is 13.0 Å². The predicted molar refractivity (Wildman–Crippen MR) is 73.3 cm³/mol. The quantitative estimate of drug-likeness (QED) is 0.839. The van der Waals surface area contributed by atoms with E-state index in [-0.39, 0.29) is 18.6 Å². The van der Waals surface area contributed by atoms with E-state index in [0.717, 1.165) is 6.42 Å². The molecule has 0 N–H and O–H groups in total. The van der Waals surface area contributed by atoms with Crippen molar-refractivity contribution in [1.82, 2.24) is 4.90 Å². The summed E-state index contributed by atoms with van der Waals surface area (Å²) in [6.07, 6.45) is 0.920. The Bertz CT molecular complexity index is 493. The van der Waals surface area contributed by atoms with Gasteiger partial charge in [0, 0.05) is 19.7 Å². The molecule has 2 rings (SSSR count). The summed E-state index contributed by atoms with van der Waals surface area (Å²) in [4.78, 5) is 13.9. The van der Waals surface area contributed by atoms with Gasteiger partial charge >= 0.3 is 0 Å². The SMILES string of the molecule is CC1CN(C(=O)COc2ccc(C#N)cc2)CCCO1. The lowest BCUT2D eigenvalue weighted by Gasteiger charge is -2.22. The van der Waals surface area contributed by atoms with Crippen molar-refractivity contribution in [3.8, 4) is 11.8 Å². The van der Waals surface area contributed by atoms with Crippen LogP contribution in [0.5, 0.6) is 5.75 Å². The van der Waals surface area contributed by atoms with Gasteiger partial charge in [-0.05, 0) is 37.6 Å². The predicted octanol–water partition coefficient (Wildman–Crippen LogP) is 1.57. The van der Waals surface area contributed by atoms with E-state index in [0.29, 0.717) is 31.0 Å². The molecule has 1 heterocycles. The topological polar surface area (TPSA) is 62.6 Å². The summed E-state index contributed by atoms with van der Waals surface area (Å²) in [7, 11) is 0. The highest BCUT2D eigenvalue weighted by molar-refractivity contribution is 5.77. The van der Waals surface area contributed by atoms with Crippen LogP contribution in [0.15, 0.2) is 24.3 Å². The maximum Gasteiger partial charge on any atom is 0.260 e. The number of amides is 1. The molecule has 1 unspecified atom stereocenters. The normalized spacial score (nSPS) is 19.0. The molecule has 5 nitrogen and oxygen atoms in total. The van der Waals surface area contributed by atoms with Crippen molar-refractivity contribution in [2.24, 2.45) is 0 Å². The third-order valence-corrected chi connectivity index (χ3v) is 3.15. The first kappa shape index (κ1) is 14.4. The number of benzene rings is 1. The van der Waals surface area contributed by atoms with Gasteiger partial charge in [-0.1, -0.05) is 0 Å². The Labute approximate surface area is 118 Å². The molecular weight excluding hydrogens is 256 g/mol. The van der Waals surface area contributed by atoms with Gasteiger partial charge in [-0.2, -0.15) is 5.26 Å². The van der Waals surface area contributed by atoms with E-state index in [1.165, 1.54) is 0 Å². The van der Waals surface area contributed by atoms with Crippen LogP contribution in [0.2, 0.25) is 0 Å². The fourth-order valence-electron chi connectivity index (χ4n) is 2.08. The summed E-state index contributed by atoms with van der Waals surface area (Å²) in [6, 6.07) is 8.76. The first-order chi connectivity index (χ1) is 9.69. The van der Waals surface area contributed by atoms with Crippen molar-refractivity contribution in [3.05, 3.63) is 29.8 Å². The maximum absolute atomic E-state index is 12.1. The van der Waals surface area contributed by atoms with Crippen LogP contribution in [0.25, 0.3) is 0 Å². The van der Waals surface area contributed by atoms with Gasteiger partial charge in [-0.25, -0.2) is 0 Å². The summed E-state index contributed by atoms with van der Waals surface area (Å²) in [5.41, 5.74) is 0.571. The van der Waals surface area contributed by atoms with Crippen molar-refractivity contribution >= 4 is 5.91 Å². The number of carbonyl (C=O) groups excluding carboxylic acids is 1. The van der Waals surface area contributed by atoms with E-state index >= 15 is 0 Å². The number of ether oxygens (including phenoxy) is 2. The molecule has 5 heteroatoms. The molecule has 106 valence electrons. The fourth-order valence-corrected chi connectivity index (χ4v) is 2.08. The standard InChI is InChI=1S/C15H18N2O3/c1-12-10-17(7-2-8-19-12)15(18)11-20-14-5-3-13(9-16)4-6-14/h3-6,12H,2,7-8,10-11H2,1H3. The zero-order valence-corrected chi connectivity index (χ0v) is 11.5. The fraction of sp³-hybridized carbons (Fsp3) is 0.467. The lowest BCUT2D eigenvalue weighted by Crippen LogP contribution is -2.38. The van der Waals surface area contributed by atoms with Gasteiger partial charge in [0.05, 0.1) is 17.7 Å². The number of nitrogens with zero attached hydrogens (tertiary/aromatic N) is 2. The van der Waals surface area contributed by atoms with Crippen molar-refractivity contribution < 1.29 is 14.3 Å². The zero-order chi connectivity index (χ0) is 14.4. The molecule has 0 radical (unpaired) electrons. The summed E-state index contributed by atoms with van der Waals surface area (Å²) >= 11 is 0. The smallest absolute Gasteiger partial charge is 0.260 e. The second kappa shape index (κ2) is 6.92. The van der Waals surface area contributed by atoms with Crippen LogP contribution in [0.3, 0.4) is 0 Å². The second-order valence-electron chi connectivity index (χ2n) is 4.80. The van der Waals surface area contributed by atoms with Crippen molar-refractivity contribution in [2.75, 3.05) is 26.3 Å². The summed E-state index contributed by atoms with van der Waals surface area (Å²) in [6.45, 7) is 3.99. The summed E-state index contributed by atoms with van der Waals surface area (Å²) in [5, 5.41) is 8.70. The number of nitriles is 1. The van der Waals surface area contributed by atoms with E-state index < -0.39 is 0 Å². The molecule has 0 bridgehead atoms. The number of rotatable bonds is 3. The van der Waals surface area contributed by atoms with E-state index in [2.05, 4.69) is 0 Å². The molecule has 20 heavy (non-hydrogen) atoms. The minimum Gasteiger partial charge on any atom is -0.484 e. The van der Waals surface area contributed by atoms with Gasteiger partial charge in [0.1, 0.15) is 5.75 Å². The Balaban J connectivity index is 1.86. The van der Waals surface area contributed by atoms with Crippen LogP contribution < -0.4 is 4.74 Å². The van der Waals surface area contributed by atoms with Gasteiger partial charge < -0.3 is 14.4 Å². The van der Waals surface area contributed by atoms with Crippen molar-refractivity contribution in [3.63, 3.8) is 0 Å². The van der Waals surface area contributed by atoms with Crippen molar-refractivity contribution in [2.45, 2.75) is 19.4 Å². The molecule has 1 fully saturated rings. The molecule has 1 aliphatic heterocycles. The molecule has 1 aliphatic rings. The minimum absolute atomic E-state index is 0.0125. The highest BCUT2D eigenvalue weighted by Crippen LogP contribution is 2.12. The second-order valence-corrected chi connectivity index (χ2v) is 4.80. The van der Waals surface area contributed by atoms with Crippen LogP contribution in [0, 0.1) is 11.3 Å². The Morgan fingerprint density at radius 1 is 1.50 bits per heavy atom. The van der Waals surface area contributed by atoms with Crippen LogP contribution >= 0.6 is 0 Å². The van der Waals surface area contributed by atoms with E-state index in [1.54, 1.807) is 29.2 Å². The van der Waals surface area contributed by atoms with Gasteiger partial charge in [-0.3, -0.25) is 4.79 Å². The Kier molecular flexibility index (Phi) is 4.97.